The minimum atomic E-state index is -0.442. The largest absolute Gasteiger partial charge is 0.347 e. The van der Waals surface area contributed by atoms with E-state index in [9.17, 15) is 9.59 Å². The third-order valence-corrected chi connectivity index (χ3v) is 4.45. The van der Waals surface area contributed by atoms with E-state index in [4.69, 9.17) is 5.21 Å². The van der Waals surface area contributed by atoms with Gasteiger partial charge in [-0.1, -0.05) is 17.7 Å². The van der Waals surface area contributed by atoms with Crippen molar-refractivity contribution in [2.24, 2.45) is 5.92 Å². The van der Waals surface area contributed by atoms with E-state index >= 15 is 0 Å². The first-order chi connectivity index (χ1) is 10.9. The van der Waals surface area contributed by atoms with Crippen LogP contribution in [0.2, 0.25) is 0 Å². The van der Waals surface area contributed by atoms with Crippen molar-refractivity contribution in [1.29, 1.82) is 0 Å². The van der Waals surface area contributed by atoms with Gasteiger partial charge in [0.05, 0.1) is 12.0 Å². The molecule has 2 unspecified atom stereocenters. The molecule has 1 aromatic carbocycles. The third-order valence-electron chi connectivity index (χ3n) is 4.45. The average Bonchev–Trinajstić information content (AvgIpc) is 2.54. The zero-order chi connectivity index (χ0) is 17.0. The summed E-state index contributed by atoms with van der Waals surface area (Å²) in [7, 11) is 0. The van der Waals surface area contributed by atoms with E-state index in [2.05, 4.69) is 24.1 Å². The van der Waals surface area contributed by atoms with Crippen molar-refractivity contribution in [3.05, 3.63) is 35.4 Å². The van der Waals surface area contributed by atoms with Gasteiger partial charge in [0.15, 0.2) is 0 Å². The van der Waals surface area contributed by atoms with Crippen LogP contribution in [-0.4, -0.2) is 47.1 Å². The lowest BCUT2D eigenvalue weighted by Gasteiger charge is -2.39. The lowest BCUT2D eigenvalue weighted by molar-refractivity contribution is -0.136. The van der Waals surface area contributed by atoms with Crippen molar-refractivity contribution in [3.63, 3.8) is 0 Å². The first kappa shape index (κ1) is 17.4. The Hall–Kier alpha value is -1.92. The van der Waals surface area contributed by atoms with Crippen molar-refractivity contribution >= 4 is 11.8 Å². The molecule has 0 saturated carbocycles. The summed E-state index contributed by atoms with van der Waals surface area (Å²) in [6, 6.07) is 7.32. The lowest BCUT2D eigenvalue weighted by Crippen LogP contribution is -2.57. The first-order valence-electron chi connectivity index (χ1n) is 7.98. The molecule has 1 fully saturated rings. The van der Waals surface area contributed by atoms with Crippen LogP contribution in [0.1, 0.15) is 36.2 Å². The molecule has 0 radical (unpaired) electrons. The van der Waals surface area contributed by atoms with Crippen molar-refractivity contribution in [2.75, 3.05) is 13.1 Å². The minimum absolute atomic E-state index is 0.198. The number of carbonyl (C=O) groups is 2. The second-order valence-electron chi connectivity index (χ2n) is 6.41. The number of aryl methyl sites for hydroxylation is 1. The van der Waals surface area contributed by atoms with E-state index in [1.54, 1.807) is 17.6 Å². The summed E-state index contributed by atoms with van der Waals surface area (Å²) < 4.78 is 0. The molecule has 1 saturated heterocycles. The molecule has 126 valence electrons. The summed E-state index contributed by atoms with van der Waals surface area (Å²) in [4.78, 5) is 26.5. The van der Waals surface area contributed by atoms with Crippen LogP contribution in [0.15, 0.2) is 24.3 Å². The molecule has 0 aliphatic carbocycles. The summed E-state index contributed by atoms with van der Waals surface area (Å²) in [5.41, 5.74) is 3.38. The van der Waals surface area contributed by atoms with Crippen molar-refractivity contribution in [1.82, 2.24) is 15.7 Å². The van der Waals surface area contributed by atoms with Gasteiger partial charge in [-0.2, -0.15) is 0 Å². The van der Waals surface area contributed by atoms with Gasteiger partial charge in [0.2, 0.25) is 5.91 Å². The van der Waals surface area contributed by atoms with E-state index in [0.717, 1.165) is 12.1 Å². The molecule has 6 nitrogen and oxygen atoms in total. The number of hydrogen-bond acceptors (Lipinski definition) is 4. The maximum absolute atomic E-state index is 12.4. The summed E-state index contributed by atoms with van der Waals surface area (Å²) in [5.74, 6) is -1.07. The van der Waals surface area contributed by atoms with Crippen molar-refractivity contribution < 1.29 is 14.8 Å². The Morgan fingerprint density at radius 1 is 1.26 bits per heavy atom. The first-order valence-corrected chi connectivity index (χ1v) is 7.98. The molecule has 0 bridgehead atoms. The fourth-order valence-electron chi connectivity index (χ4n) is 2.95. The quantitative estimate of drug-likeness (QED) is 0.578. The van der Waals surface area contributed by atoms with Gasteiger partial charge in [0.25, 0.3) is 5.91 Å². The lowest BCUT2D eigenvalue weighted by atomic mass is 9.90. The zero-order valence-electron chi connectivity index (χ0n) is 13.9. The smallest absolute Gasteiger partial charge is 0.251 e. The topological polar surface area (TPSA) is 81.7 Å². The van der Waals surface area contributed by atoms with Gasteiger partial charge < -0.3 is 5.32 Å². The van der Waals surface area contributed by atoms with E-state index in [1.807, 2.05) is 19.1 Å². The van der Waals surface area contributed by atoms with Gasteiger partial charge in [-0.25, -0.2) is 5.48 Å². The maximum Gasteiger partial charge on any atom is 0.251 e. The standard InChI is InChI=1S/C17H25N3O3/c1-11(2)20-9-8-14(17(22)19-23)15(10-20)18-16(21)13-6-4-12(3)5-7-13/h4-7,11,14-15,23H,8-10H2,1-3H3,(H,18,21)(H,19,22). The Morgan fingerprint density at radius 3 is 2.48 bits per heavy atom. The molecule has 0 spiro atoms. The fourth-order valence-corrected chi connectivity index (χ4v) is 2.95. The fraction of sp³-hybridized carbons (Fsp3) is 0.529. The highest BCUT2D eigenvalue weighted by molar-refractivity contribution is 5.94. The molecule has 2 rings (SSSR count). The number of benzene rings is 1. The molecule has 6 heteroatoms. The van der Waals surface area contributed by atoms with Crippen LogP contribution in [0.5, 0.6) is 0 Å². The Bertz CT molecular complexity index is 557. The molecule has 2 amide bonds. The molecule has 1 aliphatic heterocycles. The van der Waals surface area contributed by atoms with Crippen molar-refractivity contribution in [2.45, 2.75) is 39.3 Å². The van der Waals surface area contributed by atoms with Crippen LogP contribution in [0, 0.1) is 12.8 Å². The van der Waals surface area contributed by atoms with E-state index in [-0.39, 0.29) is 11.9 Å². The monoisotopic (exact) mass is 319 g/mol. The predicted molar refractivity (Wildman–Crippen MR) is 87.2 cm³/mol. The number of hydrogen-bond donors (Lipinski definition) is 3. The van der Waals surface area contributed by atoms with Crippen LogP contribution < -0.4 is 10.8 Å². The Morgan fingerprint density at radius 2 is 1.91 bits per heavy atom. The highest BCUT2D eigenvalue weighted by Crippen LogP contribution is 2.20. The van der Waals surface area contributed by atoms with Gasteiger partial charge in [-0.05, 0) is 45.9 Å². The van der Waals surface area contributed by atoms with Crippen LogP contribution in [-0.2, 0) is 4.79 Å². The summed E-state index contributed by atoms with van der Waals surface area (Å²) >= 11 is 0. The van der Waals surface area contributed by atoms with Crippen LogP contribution >= 0.6 is 0 Å². The molecular weight excluding hydrogens is 294 g/mol. The number of rotatable bonds is 4. The normalized spacial score (nSPS) is 22.0. The highest BCUT2D eigenvalue weighted by atomic mass is 16.5. The molecule has 3 N–H and O–H groups in total. The molecule has 2 atom stereocenters. The summed E-state index contributed by atoms with van der Waals surface area (Å²) in [6.45, 7) is 7.50. The molecular formula is C17H25N3O3. The van der Waals surface area contributed by atoms with E-state index in [0.29, 0.717) is 24.6 Å². The zero-order valence-corrected chi connectivity index (χ0v) is 13.9. The molecule has 1 aromatic rings. The minimum Gasteiger partial charge on any atom is -0.347 e. The van der Waals surface area contributed by atoms with Gasteiger partial charge >= 0.3 is 0 Å². The third kappa shape index (κ3) is 4.30. The molecule has 1 aliphatic rings. The van der Waals surface area contributed by atoms with Gasteiger partial charge in [-0.3, -0.25) is 19.7 Å². The summed E-state index contributed by atoms with van der Waals surface area (Å²) in [6.07, 6.45) is 0.601. The number of piperidine rings is 1. The van der Waals surface area contributed by atoms with Crippen LogP contribution in [0.25, 0.3) is 0 Å². The van der Waals surface area contributed by atoms with Gasteiger partial charge in [0.1, 0.15) is 0 Å². The second kappa shape index (κ2) is 7.57. The molecule has 0 aromatic heterocycles. The van der Waals surface area contributed by atoms with Gasteiger partial charge in [-0.15, -0.1) is 0 Å². The number of likely N-dealkylation sites (tertiary alicyclic amines) is 1. The maximum atomic E-state index is 12.4. The predicted octanol–water partition coefficient (Wildman–Crippen LogP) is 1.33. The van der Waals surface area contributed by atoms with Crippen molar-refractivity contribution in [3.8, 4) is 0 Å². The second-order valence-corrected chi connectivity index (χ2v) is 6.41. The van der Waals surface area contributed by atoms with Crippen LogP contribution in [0.4, 0.5) is 0 Å². The number of nitrogens with zero attached hydrogens (tertiary/aromatic N) is 1. The number of carbonyl (C=O) groups excluding carboxylic acids is 2. The number of hydroxylamine groups is 1. The number of nitrogens with one attached hydrogen (secondary N) is 2. The average molecular weight is 319 g/mol. The van der Waals surface area contributed by atoms with Crippen LogP contribution in [0.3, 0.4) is 0 Å². The molecule has 23 heavy (non-hydrogen) atoms. The summed E-state index contributed by atoms with van der Waals surface area (Å²) in [5, 5.41) is 11.9. The Labute approximate surface area is 136 Å². The highest BCUT2D eigenvalue weighted by Gasteiger charge is 2.35. The Balaban J connectivity index is 2.12. The van der Waals surface area contributed by atoms with E-state index < -0.39 is 11.8 Å². The number of amides is 2. The Kier molecular flexibility index (Phi) is 5.74. The molecule has 1 heterocycles. The van der Waals surface area contributed by atoms with Gasteiger partial charge in [0, 0.05) is 18.2 Å². The SMILES string of the molecule is Cc1ccc(C(=O)NC2CN(C(C)C)CCC2C(=O)NO)cc1. The van der Waals surface area contributed by atoms with E-state index in [1.165, 1.54) is 0 Å².